The van der Waals surface area contributed by atoms with Crippen LogP contribution in [0.5, 0.6) is 0 Å². The molecular weight excluding hydrogens is 316 g/mol. The second-order valence-electron chi connectivity index (χ2n) is 6.51. The van der Waals surface area contributed by atoms with Gasteiger partial charge in [-0.25, -0.2) is 0 Å². The van der Waals surface area contributed by atoms with Crippen molar-refractivity contribution in [1.29, 1.82) is 0 Å². The van der Waals surface area contributed by atoms with Crippen molar-refractivity contribution in [3.63, 3.8) is 0 Å². The van der Waals surface area contributed by atoms with Crippen LogP contribution in [0.2, 0.25) is 0 Å². The standard InChI is InChI=1S/C16H26N2O3.2C2H6/c1-12-6-9-17(10-7-12)14(19)5-3-4-8-18-15(20)11-13(2)16(18)21;2*1-2/h12-13H,3-11H2,1-2H3;2*1-2H3. The van der Waals surface area contributed by atoms with Crippen LogP contribution in [0.4, 0.5) is 0 Å². The summed E-state index contributed by atoms with van der Waals surface area (Å²) in [4.78, 5) is 38.8. The summed E-state index contributed by atoms with van der Waals surface area (Å²) in [6.07, 6.45) is 4.53. The third-order valence-corrected chi connectivity index (χ3v) is 4.63. The Hall–Kier alpha value is -1.39. The maximum absolute atomic E-state index is 12.1. The van der Waals surface area contributed by atoms with Gasteiger partial charge in [0.1, 0.15) is 0 Å². The van der Waals surface area contributed by atoms with Gasteiger partial charge < -0.3 is 4.90 Å². The van der Waals surface area contributed by atoms with Crippen LogP contribution in [0.3, 0.4) is 0 Å². The molecule has 0 bridgehead atoms. The van der Waals surface area contributed by atoms with E-state index in [1.165, 1.54) is 4.90 Å². The van der Waals surface area contributed by atoms with Crippen molar-refractivity contribution in [3.8, 4) is 0 Å². The van der Waals surface area contributed by atoms with Gasteiger partial charge in [-0.2, -0.15) is 0 Å². The molecule has 0 aromatic rings. The summed E-state index contributed by atoms with van der Waals surface area (Å²) < 4.78 is 0. The van der Waals surface area contributed by atoms with Gasteiger partial charge >= 0.3 is 0 Å². The Balaban J connectivity index is 0.00000134. The zero-order valence-electron chi connectivity index (χ0n) is 17.1. The maximum Gasteiger partial charge on any atom is 0.232 e. The van der Waals surface area contributed by atoms with Crippen molar-refractivity contribution >= 4 is 17.7 Å². The number of likely N-dealkylation sites (tertiary alicyclic amines) is 2. The van der Waals surface area contributed by atoms with Crippen molar-refractivity contribution in [2.75, 3.05) is 19.6 Å². The molecule has 2 heterocycles. The summed E-state index contributed by atoms with van der Waals surface area (Å²) >= 11 is 0. The SMILES string of the molecule is CC.CC.CC1CCN(C(=O)CCCCN2C(=O)CC(C)C2=O)CC1. The number of piperidine rings is 1. The van der Waals surface area contributed by atoms with E-state index < -0.39 is 0 Å². The molecule has 3 amide bonds. The first-order chi connectivity index (χ1) is 12.0. The molecule has 0 spiro atoms. The van der Waals surface area contributed by atoms with E-state index in [9.17, 15) is 14.4 Å². The van der Waals surface area contributed by atoms with Crippen LogP contribution in [-0.4, -0.2) is 47.2 Å². The molecule has 0 N–H and O–H groups in total. The molecule has 0 saturated carbocycles. The summed E-state index contributed by atoms with van der Waals surface area (Å²) in [5.41, 5.74) is 0. The first-order valence-electron chi connectivity index (χ1n) is 10.1. The summed E-state index contributed by atoms with van der Waals surface area (Å²) in [7, 11) is 0. The average molecular weight is 355 g/mol. The minimum absolute atomic E-state index is 0.0589. The molecule has 0 aromatic heterocycles. The topological polar surface area (TPSA) is 57.7 Å². The van der Waals surface area contributed by atoms with Gasteiger partial charge in [0.2, 0.25) is 17.7 Å². The molecule has 146 valence electrons. The molecule has 2 saturated heterocycles. The van der Waals surface area contributed by atoms with E-state index >= 15 is 0 Å². The highest BCUT2D eigenvalue weighted by atomic mass is 16.2. The van der Waals surface area contributed by atoms with E-state index in [2.05, 4.69) is 6.92 Å². The fourth-order valence-electron chi connectivity index (χ4n) is 3.05. The molecule has 5 nitrogen and oxygen atoms in total. The number of rotatable bonds is 5. The van der Waals surface area contributed by atoms with Gasteiger partial charge in [-0.15, -0.1) is 0 Å². The second kappa shape index (κ2) is 12.9. The van der Waals surface area contributed by atoms with Crippen LogP contribution in [0, 0.1) is 11.8 Å². The lowest BCUT2D eigenvalue weighted by molar-refractivity contribution is -0.139. The van der Waals surface area contributed by atoms with E-state index in [1.807, 2.05) is 32.6 Å². The van der Waals surface area contributed by atoms with Crippen molar-refractivity contribution < 1.29 is 14.4 Å². The Kier molecular flexibility index (Phi) is 12.2. The van der Waals surface area contributed by atoms with Crippen molar-refractivity contribution in [2.24, 2.45) is 11.8 Å². The molecule has 0 aromatic carbocycles. The van der Waals surface area contributed by atoms with Crippen molar-refractivity contribution in [1.82, 2.24) is 9.80 Å². The molecule has 25 heavy (non-hydrogen) atoms. The lowest BCUT2D eigenvalue weighted by atomic mass is 9.99. The highest BCUT2D eigenvalue weighted by molar-refractivity contribution is 6.03. The number of hydrogen-bond donors (Lipinski definition) is 0. The molecule has 0 radical (unpaired) electrons. The highest BCUT2D eigenvalue weighted by Crippen LogP contribution is 2.20. The van der Waals surface area contributed by atoms with Gasteiger partial charge in [-0.3, -0.25) is 19.3 Å². The summed E-state index contributed by atoms with van der Waals surface area (Å²) in [6, 6.07) is 0. The van der Waals surface area contributed by atoms with Gasteiger partial charge in [0, 0.05) is 38.4 Å². The minimum atomic E-state index is -0.172. The van der Waals surface area contributed by atoms with E-state index in [1.54, 1.807) is 6.92 Å². The first-order valence-corrected chi connectivity index (χ1v) is 10.1. The summed E-state index contributed by atoms with van der Waals surface area (Å²) in [6.45, 7) is 14.2. The molecule has 2 aliphatic heterocycles. The molecular formula is C20H38N2O3. The van der Waals surface area contributed by atoms with Gasteiger partial charge in [-0.05, 0) is 31.6 Å². The molecule has 1 atom stereocenters. The number of carbonyl (C=O) groups excluding carboxylic acids is 3. The second-order valence-corrected chi connectivity index (χ2v) is 6.51. The zero-order valence-corrected chi connectivity index (χ0v) is 17.1. The number of unbranched alkanes of at least 4 members (excludes halogenated alkanes) is 1. The molecule has 5 heteroatoms. The van der Waals surface area contributed by atoms with Crippen LogP contribution in [0.25, 0.3) is 0 Å². The van der Waals surface area contributed by atoms with E-state index in [-0.39, 0.29) is 23.6 Å². The fourth-order valence-corrected chi connectivity index (χ4v) is 3.05. The highest BCUT2D eigenvalue weighted by Gasteiger charge is 2.34. The van der Waals surface area contributed by atoms with E-state index in [0.717, 1.165) is 44.7 Å². The van der Waals surface area contributed by atoms with Crippen LogP contribution in [-0.2, 0) is 14.4 Å². The largest absolute Gasteiger partial charge is 0.343 e. The van der Waals surface area contributed by atoms with Crippen LogP contribution in [0.1, 0.15) is 80.1 Å². The maximum atomic E-state index is 12.1. The number of carbonyl (C=O) groups is 3. The average Bonchev–Trinajstić information content (AvgIpc) is 2.88. The van der Waals surface area contributed by atoms with Gasteiger partial charge in [-0.1, -0.05) is 41.5 Å². The molecule has 2 rings (SSSR count). The fraction of sp³-hybridized carbons (Fsp3) is 0.850. The third kappa shape index (κ3) is 7.57. The van der Waals surface area contributed by atoms with Gasteiger partial charge in [0.25, 0.3) is 0 Å². The Morgan fingerprint density at radius 3 is 2.04 bits per heavy atom. The minimum Gasteiger partial charge on any atom is -0.343 e. The molecule has 2 aliphatic rings. The Morgan fingerprint density at radius 1 is 1.00 bits per heavy atom. The number of amides is 3. The number of nitrogens with zero attached hydrogens (tertiary/aromatic N) is 2. The smallest absolute Gasteiger partial charge is 0.232 e. The third-order valence-electron chi connectivity index (χ3n) is 4.63. The van der Waals surface area contributed by atoms with Crippen LogP contribution < -0.4 is 0 Å². The van der Waals surface area contributed by atoms with Crippen LogP contribution >= 0.6 is 0 Å². The zero-order chi connectivity index (χ0) is 19.4. The lowest BCUT2D eigenvalue weighted by Crippen LogP contribution is -2.37. The van der Waals surface area contributed by atoms with Gasteiger partial charge in [0.15, 0.2) is 0 Å². The van der Waals surface area contributed by atoms with Crippen molar-refractivity contribution in [2.45, 2.75) is 80.1 Å². The first kappa shape index (κ1) is 23.6. The van der Waals surface area contributed by atoms with Crippen molar-refractivity contribution in [3.05, 3.63) is 0 Å². The predicted molar refractivity (Wildman–Crippen MR) is 102 cm³/mol. The Labute approximate surface area is 154 Å². The Bertz CT molecular complexity index is 415. The van der Waals surface area contributed by atoms with E-state index in [0.29, 0.717) is 19.4 Å². The molecule has 1 unspecified atom stereocenters. The number of hydrogen-bond acceptors (Lipinski definition) is 3. The normalized spacial score (nSPS) is 20.6. The lowest BCUT2D eigenvalue weighted by Gasteiger charge is -2.30. The Morgan fingerprint density at radius 2 is 1.56 bits per heavy atom. The predicted octanol–water partition coefficient (Wildman–Crippen LogP) is 3.86. The molecule has 0 aliphatic carbocycles. The van der Waals surface area contributed by atoms with Crippen LogP contribution in [0.15, 0.2) is 0 Å². The monoisotopic (exact) mass is 354 g/mol. The van der Waals surface area contributed by atoms with E-state index in [4.69, 9.17) is 0 Å². The quantitative estimate of drug-likeness (QED) is 0.556. The number of imide groups is 1. The summed E-state index contributed by atoms with van der Waals surface area (Å²) in [5.74, 6) is 0.646. The summed E-state index contributed by atoms with van der Waals surface area (Å²) in [5, 5.41) is 0. The molecule has 2 fully saturated rings. The van der Waals surface area contributed by atoms with Gasteiger partial charge in [0.05, 0.1) is 0 Å².